The van der Waals surface area contributed by atoms with Crippen LogP contribution >= 0.6 is 24.8 Å². The molecule has 1 aromatic heterocycles. The van der Waals surface area contributed by atoms with Crippen molar-refractivity contribution in [2.45, 2.75) is 44.7 Å². The Balaban J connectivity index is 0.00000210. The van der Waals surface area contributed by atoms with Gasteiger partial charge in [0.1, 0.15) is 0 Å². The first-order valence-corrected chi connectivity index (χ1v) is 9.37. The summed E-state index contributed by atoms with van der Waals surface area (Å²) in [6.45, 7) is 0.884. The van der Waals surface area contributed by atoms with Gasteiger partial charge < -0.3 is 15.2 Å². The van der Waals surface area contributed by atoms with Crippen LogP contribution in [0.4, 0.5) is 0 Å². The first kappa shape index (κ1) is 25.0. The number of nitrogens with zero attached hydrogens (tertiary/aromatic N) is 2. The molecule has 1 aliphatic rings. The third kappa shape index (κ3) is 6.77. The van der Waals surface area contributed by atoms with E-state index in [1.54, 1.807) is 18.2 Å². The highest BCUT2D eigenvalue weighted by atomic mass is 35.5. The maximum Gasteiger partial charge on any atom is 0.248 e. The van der Waals surface area contributed by atoms with Crippen LogP contribution in [0.2, 0.25) is 0 Å². The first-order valence-electron chi connectivity index (χ1n) is 9.37. The zero-order chi connectivity index (χ0) is 19.2. The second-order valence-corrected chi connectivity index (χ2v) is 7.04. The van der Waals surface area contributed by atoms with Gasteiger partial charge in [-0.05, 0) is 43.7 Å². The fourth-order valence-electron chi connectivity index (χ4n) is 3.52. The summed E-state index contributed by atoms with van der Waals surface area (Å²) in [5.74, 6) is 0.893. The molecule has 1 heterocycles. The molecule has 6 nitrogen and oxygen atoms in total. The van der Waals surface area contributed by atoms with E-state index in [4.69, 9.17) is 15.2 Å². The van der Waals surface area contributed by atoms with E-state index >= 15 is 0 Å². The molecular weight excluding hydrogens is 413 g/mol. The summed E-state index contributed by atoms with van der Waals surface area (Å²) in [6, 6.07) is 9.38. The Bertz CT molecular complexity index is 781. The lowest BCUT2D eigenvalue weighted by Crippen LogP contribution is -2.32. The number of carbonyl (C=O) groups excluding carboxylic acids is 1. The van der Waals surface area contributed by atoms with Crippen LogP contribution in [0.1, 0.15) is 48.0 Å². The molecule has 3 rings (SSSR count). The number of methoxy groups -OCH3 is 1. The number of ether oxygens (including phenoxy) is 2. The van der Waals surface area contributed by atoms with Crippen LogP contribution in [-0.2, 0) is 6.54 Å². The number of benzene rings is 1. The predicted molar refractivity (Wildman–Crippen MR) is 119 cm³/mol. The van der Waals surface area contributed by atoms with E-state index in [-0.39, 0.29) is 24.8 Å². The third-order valence-electron chi connectivity index (χ3n) is 5.09. The van der Waals surface area contributed by atoms with Crippen molar-refractivity contribution in [2.24, 2.45) is 5.73 Å². The summed E-state index contributed by atoms with van der Waals surface area (Å²) in [7, 11) is 3.70. The van der Waals surface area contributed by atoms with Crippen LogP contribution in [0.3, 0.4) is 0 Å². The predicted octanol–water partition coefficient (Wildman–Crippen LogP) is 4.59. The van der Waals surface area contributed by atoms with Crippen molar-refractivity contribution in [2.75, 3.05) is 14.2 Å². The average Bonchev–Trinajstić information content (AvgIpc) is 2.70. The molecule has 8 heteroatoms. The number of aromatic nitrogens is 1. The second-order valence-electron chi connectivity index (χ2n) is 7.04. The Morgan fingerprint density at radius 1 is 1.14 bits per heavy atom. The number of halogens is 2. The zero-order valence-electron chi connectivity index (χ0n) is 16.8. The van der Waals surface area contributed by atoms with Crippen molar-refractivity contribution >= 4 is 30.7 Å². The van der Waals surface area contributed by atoms with E-state index in [1.165, 1.54) is 39.2 Å². The fourth-order valence-corrected chi connectivity index (χ4v) is 3.52. The van der Waals surface area contributed by atoms with Gasteiger partial charge in [0.05, 0.1) is 7.11 Å². The Kier molecular flexibility index (Phi) is 10.2. The maximum atomic E-state index is 11.3. The zero-order valence-corrected chi connectivity index (χ0v) is 18.4. The van der Waals surface area contributed by atoms with Crippen molar-refractivity contribution in [1.29, 1.82) is 0 Å². The number of primary amides is 1. The molecule has 1 fully saturated rings. The molecule has 1 amide bonds. The Morgan fingerprint density at radius 3 is 2.45 bits per heavy atom. The van der Waals surface area contributed by atoms with Crippen LogP contribution in [-0.4, -0.2) is 36.0 Å². The molecule has 0 saturated heterocycles. The average molecular weight is 442 g/mol. The minimum absolute atomic E-state index is 0. The molecule has 2 N–H and O–H groups in total. The number of amides is 1. The summed E-state index contributed by atoms with van der Waals surface area (Å²) in [6.07, 6.45) is 8.44. The molecule has 0 unspecified atom stereocenters. The SMILES string of the molecule is COc1cc(C(N)=O)ccc1Oc1ccc(CN(C)C2CCCCC2)cn1.Cl.Cl. The number of pyridine rings is 1. The largest absolute Gasteiger partial charge is 0.493 e. The third-order valence-corrected chi connectivity index (χ3v) is 5.09. The van der Waals surface area contributed by atoms with E-state index in [2.05, 4.69) is 16.9 Å². The molecule has 0 spiro atoms. The molecule has 1 saturated carbocycles. The van der Waals surface area contributed by atoms with Crippen molar-refractivity contribution in [3.63, 3.8) is 0 Å². The van der Waals surface area contributed by atoms with Crippen LogP contribution in [0.5, 0.6) is 17.4 Å². The number of rotatable bonds is 7. The van der Waals surface area contributed by atoms with Gasteiger partial charge in [-0.3, -0.25) is 9.69 Å². The van der Waals surface area contributed by atoms with Crippen LogP contribution < -0.4 is 15.2 Å². The molecule has 0 aliphatic heterocycles. The Hall–Kier alpha value is -2.02. The standard InChI is InChI=1S/C21H27N3O3.2ClH/c1-24(17-6-4-3-5-7-17)14-15-8-11-20(23-13-15)27-18-10-9-16(21(22)25)12-19(18)26-2;;/h8-13,17H,3-7,14H2,1-2H3,(H2,22,25);2*1H. The van der Waals surface area contributed by atoms with Crippen molar-refractivity contribution in [1.82, 2.24) is 9.88 Å². The van der Waals surface area contributed by atoms with Gasteiger partial charge in [0, 0.05) is 30.4 Å². The molecule has 0 radical (unpaired) electrons. The Labute approximate surface area is 184 Å². The number of carbonyl (C=O) groups is 1. The molecule has 1 aromatic carbocycles. The van der Waals surface area contributed by atoms with Crippen molar-refractivity contribution in [3.8, 4) is 17.4 Å². The normalized spacial score (nSPS) is 13.9. The molecule has 0 bridgehead atoms. The number of hydrogen-bond acceptors (Lipinski definition) is 5. The van der Waals surface area contributed by atoms with E-state index in [9.17, 15) is 4.79 Å². The first-order chi connectivity index (χ1) is 13.1. The van der Waals surface area contributed by atoms with Gasteiger partial charge in [-0.15, -0.1) is 24.8 Å². The van der Waals surface area contributed by atoms with E-state index in [0.29, 0.717) is 29.0 Å². The lowest BCUT2D eigenvalue weighted by Gasteiger charge is -2.31. The van der Waals surface area contributed by atoms with Crippen molar-refractivity contribution in [3.05, 3.63) is 47.7 Å². The molecule has 1 aliphatic carbocycles. The molecule has 0 atom stereocenters. The fraction of sp³-hybridized carbons (Fsp3) is 0.429. The maximum absolute atomic E-state index is 11.3. The second kappa shape index (κ2) is 11.9. The summed E-state index contributed by atoms with van der Waals surface area (Å²) in [5, 5.41) is 0. The quantitative estimate of drug-likeness (QED) is 0.679. The summed E-state index contributed by atoms with van der Waals surface area (Å²) in [4.78, 5) is 18.1. The van der Waals surface area contributed by atoms with Crippen LogP contribution in [0, 0.1) is 0 Å². The minimum atomic E-state index is -0.510. The van der Waals surface area contributed by atoms with Gasteiger partial charge in [0.15, 0.2) is 11.5 Å². The van der Waals surface area contributed by atoms with Crippen LogP contribution in [0.25, 0.3) is 0 Å². The van der Waals surface area contributed by atoms with Gasteiger partial charge in [-0.2, -0.15) is 0 Å². The minimum Gasteiger partial charge on any atom is -0.493 e. The highest BCUT2D eigenvalue weighted by Gasteiger charge is 2.18. The number of nitrogens with two attached hydrogens (primary N) is 1. The van der Waals surface area contributed by atoms with E-state index in [1.807, 2.05) is 18.3 Å². The molecule has 29 heavy (non-hydrogen) atoms. The molecule has 2 aromatic rings. The van der Waals surface area contributed by atoms with E-state index < -0.39 is 5.91 Å². The van der Waals surface area contributed by atoms with Crippen LogP contribution in [0.15, 0.2) is 36.5 Å². The van der Waals surface area contributed by atoms with Gasteiger partial charge in [0.25, 0.3) is 0 Å². The lowest BCUT2D eigenvalue weighted by atomic mass is 9.94. The highest BCUT2D eigenvalue weighted by molar-refractivity contribution is 5.93. The monoisotopic (exact) mass is 441 g/mol. The summed E-state index contributed by atoms with van der Waals surface area (Å²) in [5.41, 5.74) is 6.83. The van der Waals surface area contributed by atoms with Crippen molar-refractivity contribution < 1.29 is 14.3 Å². The lowest BCUT2D eigenvalue weighted by molar-refractivity contribution is 0.1000. The summed E-state index contributed by atoms with van der Waals surface area (Å²) < 4.78 is 11.1. The molecular formula is C21H29Cl2N3O3. The molecule has 160 valence electrons. The topological polar surface area (TPSA) is 77.7 Å². The van der Waals surface area contributed by atoms with Gasteiger partial charge >= 0.3 is 0 Å². The van der Waals surface area contributed by atoms with E-state index in [0.717, 1.165) is 12.1 Å². The Morgan fingerprint density at radius 2 is 1.86 bits per heavy atom. The smallest absolute Gasteiger partial charge is 0.248 e. The summed E-state index contributed by atoms with van der Waals surface area (Å²) >= 11 is 0. The van der Waals surface area contributed by atoms with Gasteiger partial charge in [-0.1, -0.05) is 25.3 Å². The van der Waals surface area contributed by atoms with Gasteiger partial charge in [0.2, 0.25) is 11.8 Å². The number of hydrogen-bond donors (Lipinski definition) is 1. The highest BCUT2D eigenvalue weighted by Crippen LogP contribution is 2.31. The van der Waals surface area contributed by atoms with Gasteiger partial charge in [-0.25, -0.2) is 4.98 Å².